The number of fused-ring (bicyclic) bond motifs is 1. The highest BCUT2D eigenvalue weighted by molar-refractivity contribution is 14.1. The van der Waals surface area contributed by atoms with Crippen LogP contribution in [0.25, 0.3) is 0 Å². The van der Waals surface area contributed by atoms with Crippen LogP contribution >= 0.6 is 38.5 Å². The van der Waals surface area contributed by atoms with Gasteiger partial charge >= 0.3 is 6.09 Å². The lowest BCUT2D eigenvalue weighted by Crippen LogP contribution is -2.42. The summed E-state index contributed by atoms with van der Waals surface area (Å²) in [5, 5.41) is 0. The van der Waals surface area contributed by atoms with Crippen LogP contribution in [0.1, 0.15) is 20.8 Å². The monoisotopic (exact) mass is 440 g/mol. The summed E-state index contributed by atoms with van der Waals surface area (Å²) in [6.45, 7) is 6.40. The Morgan fingerprint density at radius 2 is 2.26 bits per heavy atom. The van der Waals surface area contributed by atoms with Crippen molar-refractivity contribution in [1.29, 1.82) is 0 Å². The molecule has 1 aliphatic heterocycles. The van der Waals surface area contributed by atoms with Crippen LogP contribution < -0.4 is 9.64 Å². The van der Waals surface area contributed by atoms with E-state index in [1.807, 2.05) is 20.8 Å². The zero-order valence-electron chi connectivity index (χ0n) is 10.9. The average molecular weight is 441 g/mol. The van der Waals surface area contributed by atoms with Crippen molar-refractivity contribution >= 4 is 50.3 Å². The molecule has 0 unspecified atom stereocenters. The number of pyridine rings is 1. The summed E-state index contributed by atoms with van der Waals surface area (Å²) in [6.07, 6.45) is 1.29. The van der Waals surface area contributed by atoms with Gasteiger partial charge in [-0.05, 0) is 59.3 Å². The molecule has 5 nitrogen and oxygen atoms in total. The van der Waals surface area contributed by atoms with E-state index in [1.54, 1.807) is 11.1 Å². The molecule has 0 spiro atoms. The van der Waals surface area contributed by atoms with Crippen LogP contribution in [0.4, 0.5) is 10.5 Å². The molecule has 0 N–H and O–H groups in total. The number of hydrogen-bond donors (Lipinski definition) is 0. The van der Waals surface area contributed by atoms with Gasteiger partial charge in [0.1, 0.15) is 17.9 Å². The third-order valence-corrected chi connectivity index (χ3v) is 4.79. The molecule has 0 saturated carbocycles. The third-order valence-electron chi connectivity index (χ3n) is 2.35. The second kappa shape index (κ2) is 5.43. The number of carbonyl (C=O) groups excluding carboxylic acids is 1. The van der Waals surface area contributed by atoms with E-state index in [4.69, 9.17) is 9.47 Å². The first-order valence-corrected chi connectivity index (χ1v) is 7.64. The third kappa shape index (κ3) is 3.31. The van der Waals surface area contributed by atoms with E-state index in [9.17, 15) is 4.79 Å². The molecule has 1 amide bonds. The standard InChI is InChI=1S/C12H14BrIN2O3/c1-12(2,3)19-11(17)16-4-5-18-10-9(16)8(14)7(13)6-15-10/h6H,4-5H2,1-3H3. The summed E-state index contributed by atoms with van der Waals surface area (Å²) in [4.78, 5) is 18.0. The van der Waals surface area contributed by atoms with Crippen molar-refractivity contribution in [2.75, 3.05) is 18.1 Å². The molecular weight excluding hydrogens is 427 g/mol. The predicted octanol–water partition coefficient (Wildman–Crippen LogP) is 3.58. The molecule has 104 valence electrons. The molecule has 0 saturated heterocycles. The van der Waals surface area contributed by atoms with E-state index >= 15 is 0 Å². The Balaban J connectivity index is 2.37. The SMILES string of the molecule is CC(C)(C)OC(=O)N1CCOc2ncc(Br)c(I)c21. The van der Waals surface area contributed by atoms with Crippen molar-refractivity contribution in [3.8, 4) is 5.88 Å². The van der Waals surface area contributed by atoms with Crippen molar-refractivity contribution < 1.29 is 14.3 Å². The van der Waals surface area contributed by atoms with Crippen molar-refractivity contribution in [2.45, 2.75) is 26.4 Å². The van der Waals surface area contributed by atoms with Gasteiger partial charge in [0.15, 0.2) is 0 Å². The van der Waals surface area contributed by atoms with E-state index in [2.05, 4.69) is 43.5 Å². The van der Waals surface area contributed by atoms with Gasteiger partial charge in [-0.15, -0.1) is 0 Å². The van der Waals surface area contributed by atoms with Gasteiger partial charge in [-0.25, -0.2) is 9.78 Å². The fourth-order valence-electron chi connectivity index (χ4n) is 1.62. The van der Waals surface area contributed by atoms with Crippen LogP contribution in [0.5, 0.6) is 5.88 Å². The molecule has 0 radical (unpaired) electrons. The van der Waals surface area contributed by atoms with Crippen LogP contribution in [0.15, 0.2) is 10.7 Å². The van der Waals surface area contributed by atoms with Crippen molar-refractivity contribution in [3.05, 3.63) is 14.2 Å². The summed E-state index contributed by atoms with van der Waals surface area (Å²) in [7, 11) is 0. The normalized spacial score (nSPS) is 14.7. The van der Waals surface area contributed by atoms with Gasteiger partial charge in [-0.2, -0.15) is 0 Å². The summed E-state index contributed by atoms with van der Waals surface area (Å²) in [5.74, 6) is 0.463. The molecule has 7 heteroatoms. The second-order valence-electron chi connectivity index (χ2n) is 5.05. The molecule has 0 bridgehead atoms. The number of hydrogen-bond acceptors (Lipinski definition) is 4. The van der Waals surface area contributed by atoms with Gasteiger partial charge in [0.05, 0.1) is 14.6 Å². The Labute approximate surface area is 133 Å². The maximum atomic E-state index is 12.2. The van der Waals surface area contributed by atoms with Gasteiger partial charge in [0.2, 0.25) is 5.88 Å². The number of amides is 1. The van der Waals surface area contributed by atoms with Crippen LogP contribution in [0, 0.1) is 3.57 Å². The maximum Gasteiger partial charge on any atom is 0.415 e. The lowest BCUT2D eigenvalue weighted by Gasteiger charge is -2.31. The Morgan fingerprint density at radius 1 is 1.58 bits per heavy atom. The molecule has 1 aromatic heterocycles. The number of nitrogens with zero attached hydrogens (tertiary/aromatic N) is 2. The second-order valence-corrected chi connectivity index (χ2v) is 6.99. The smallest absolute Gasteiger partial charge is 0.415 e. The zero-order chi connectivity index (χ0) is 14.2. The molecule has 1 aliphatic rings. The highest BCUT2D eigenvalue weighted by atomic mass is 127. The Hall–Kier alpha value is -0.570. The molecule has 0 fully saturated rings. The van der Waals surface area contributed by atoms with Crippen molar-refractivity contribution in [2.24, 2.45) is 0 Å². The highest BCUT2D eigenvalue weighted by Crippen LogP contribution is 2.38. The lowest BCUT2D eigenvalue weighted by molar-refractivity contribution is 0.0566. The Morgan fingerprint density at radius 3 is 2.89 bits per heavy atom. The van der Waals surface area contributed by atoms with Crippen LogP contribution in [0.3, 0.4) is 0 Å². The molecule has 0 aliphatic carbocycles. The van der Waals surface area contributed by atoms with Gasteiger partial charge in [-0.1, -0.05) is 0 Å². The molecule has 1 aromatic rings. The van der Waals surface area contributed by atoms with Crippen LogP contribution in [-0.2, 0) is 4.74 Å². The quantitative estimate of drug-likeness (QED) is 0.578. The van der Waals surface area contributed by atoms with Crippen molar-refractivity contribution in [3.63, 3.8) is 0 Å². The number of halogens is 2. The summed E-state index contributed by atoms with van der Waals surface area (Å²) in [6, 6.07) is 0. The fraction of sp³-hybridized carbons (Fsp3) is 0.500. The predicted molar refractivity (Wildman–Crippen MR) is 83.7 cm³/mol. The topological polar surface area (TPSA) is 51.7 Å². The largest absolute Gasteiger partial charge is 0.474 e. The number of rotatable bonds is 0. The fourth-order valence-corrected chi connectivity index (χ4v) is 2.58. The lowest BCUT2D eigenvalue weighted by atomic mass is 10.2. The van der Waals surface area contributed by atoms with E-state index in [0.717, 1.165) is 8.04 Å². The highest BCUT2D eigenvalue weighted by Gasteiger charge is 2.31. The number of carbonyl (C=O) groups is 1. The van der Waals surface area contributed by atoms with Gasteiger partial charge in [0, 0.05) is 6.20 Å². The molecular formula is C12H14BrIN2O3. The number of ether oxygens (including phenoxy) is 2. The first-order valence-electron chi connectivity index (χ1n) is 5.77. The van der Waals surface area contributed by atoms with Crippen molar-refractivity contribution in [1.82, 2.24) is 4.98 Å². The minimum Gasteiger partial charge on any atom is -0.474 e. The van der Waals surface area contributed by atoms with E-state index in [1.165, 1.54) is 0 Å². The van der Waals surface area contributed by atoms with E-state index < -0.39 is 5.60 Å². The first-order chi connectivity index (χ1) is 8.79. The summed E-state index contributed by atoms with van der Waals surface area (Å²) >= 11 is 5.57. The Bertz CT molecular complexity index is 516. The summed E-state index contributed by atoms with van der Waals surface area (Å²) < 4.78 is 12.6. The maximum absolute atomic E-state index is 12.2. The number of aromatic nitrogens is 1. The Kier molecular flexibility index (Phi) is 4.24. The van der Waals surface area contributed by atoms with E-state index in [-0.39, 0.29) is 6.09 Å². The molecule has 2 heterocycles. The molecule has 0 atom stereocenters. The molecule has 0 aromatic carbocycles. The molecule has 2 rings (SSSR count). The average Bonchev–Trinajstić information content (AvgIpc) is 2.31. The minimum atomic E-state index is -0.527. The van der Waals surface area contributed by atoms with Crippen LogP contribution in [0.2, 0.25) is 0 Å². The van der Waals surface area contributed by atoms with Gasteiger partial charge < -0.3 is 9.47 Å². The van der Waals surface area contributed by atoms with Gasteiger partial charge in [0.25, 0.3) is 0 Å². The van der Waals surface area contributed by atoms with Crippen LogP contribution in [-0.4, -0.2) is 29.8 Å². The first kappa shape index (κ1) is 14.8. The van der Waals surface area contributed by atoms with Gasteiger partial charge in [-0.3, -0.25) is 4.90 Å². The molecule has 19 heavy (non-hydrogen) atoms. The number of anilines is 1. The van der Waals surface area contributed by atoms with E-state index in [0.29, 0.717) is 24.7 Å². The minimum absolute atomic E-state index is 0.380. The zero-order valence-corrected chi connectivity index (χ0v) is 14.6. The summed E-state index contributed by atoms with van der Waals surface area (Å²) in [5.41, 5.74) is 0.135.